The molecule has 78 heavy (non-hydrogen) atoms. The quantitative estimate of drug-likeness (QED) is 0.0238. The number of guanidine groups is 1. The Bertz CT molecular complexity index is 2990. The SMILES string of the molecule is NC(N)=NCC1(CC(O)CCC2=CC3(C(=O)O)C(c4cc(O)c(OC5(O)OC(CO)C(O)C(O)C5O)cc4N3C(=O)C=Cc3ccc(O)c(Cc4cnc[nH]4)c3)C2C23c4c(O)cccc4CCC2CCCC3CO)CCCC1. The lowest BCUT2D eigenvalue weighted by Gasteiger charge is -2.58. The van der Waals surface area contributed by atoms with Crippen molar-refractivity contribution in [1.82, 2.24) is 9.97 Å². The van der Waals surface area contributed by atoms with E-state index >= 15 is 9.59 Å². The summed E-state index contributed by atoms with van der Waals surface area (Å²) in [5.74, 6) is -10.1. The fourth-order valence-corrected chi connectivity index (χ4v) is 14.8. The number of carbonyl (C=O) groups excluding carboxylic acids is 1. The van der Waals surface area contributed by atoms with Crippen molar-refractivity contribution in [2.45, 2.75) is 137 Å². The number of aryl methyl sites for hydroxylation is 1. The van der Waals surface area contributed by atoms with Gasteiger partial charge in [0.2, 0.25) is 0 Å². The Labute approximate surface area is 449 Å². The standard InChI is InChI=1S/C57H70N6O15/c58-53(59)61-28-54(17-1-2-18-54)24-37(66)14-12-32-23-55(52(74)75)48(47(32)56-34(6-4-7-35(56)26-64)13-11-31-5-3-8-41(68)46(31)56)38-21-42(69)43(77-57(76)51(73)50(72)49(71)44(27-65)78-57)22-39(38)63(55)45(70)16-10-30-9-15-40(67)33(19-30)20-36-25-60-29-62-36/h3,5,8-10,15-16,19,21-23,25,29,34-35,37,44,47-51,64-69,71-73,76H,1-2,4,6-7,11-14,17-18,20,24,26-28H2,(H,60,62)(H,74,75)(H4,58,59,61). The molecule has 6 aliphatic rings. The number of phenolic OH excluding ortho intramolecular Hbond substituents is 3. The van der Waals surface area contributed by atoms with Crippen LogP contribution in [0.2, 0.25) is 0 Å². The maximum absolute atomic E-state index is 15.6. The number of carbonyl (C=O) groups is 2. The summed E-state index contributed by atoms with van der Waals surface area (Å²) >= 11 is 0. The number of carboxylic acids is 1. The van der Waals surface area contributed by atoms with Gasteiger partial charge in [0.1, 0.15) is 29.8 Å². The predicted molar refractivity (Wildman–Crippen MR) is 282 cm³/mol. The number of aliphatic hydroxyl groups excluding tert-OH is 6. The highest BCUT2D eigenvalue weighted by molar-refractivity contribution is 6.13. The van der Waals surface area contributed by atoms with Gasteiger partial charge in [-0.2, -0.15) is 0 Å². The number of aromatic hydroxyl groups is 3. The molecule has 0 radical (unpaired) electrons. The smallest absolute Gasteiger partial charge is 0.355 e. The summed E-state index contributed by atoms with van der Waals surface area (Å²) in [6.07, 6.45) is 5.63. The van der Waals surface area contributed by atoms with Gasteiger partial charge in [-0.05, 0) is 128 Å². The van der Waals surface area contributed by atoms with E-state index in [0.717, 1.165) is 48.6 Å². The first-order valence-electron chi connectivity index (χ1n) is 26.8. The predicted octanol–water partition coefficient (Wildman–Crippen LogP) is 2.80. The number of nitrogens with one attached hydrogen (secondary N) is 1. The average molecular weight is 1080 g/mol. The van der Waals surface area contributed by atoms with Gasteiger partial charge in [-0.3, -0.25) is 14.7 Å². The van der Waals surface area contributed by atoms with Crippen LogP contribution in [-0.4, -0.2) is 146 Å². The highest BCUT2D eigenvalue weighted by atomic mass is 16.8. The van der Waals surface area contributed by atoms with E-state index in [2.05, 4.69) is 15.0 Å². The van der Waals surface area contributed by atoms with Crippen molar-refractivity contribution < 1.29 is 75.2 Å². The Morgan fingerprint density at radius 1 is 0.949 bits per heavy atom. The molecule has 12 atom stereocenters. The molecule has 1 amide bonds. The van der Waals surface area contributed by atoms with Crippen molar-refractivity contribution in [1.29, 1.82) is 0 Å². The van der Waals surface area contributed by atoms with E-state index < -0.39 is 95.2 Å². The fraction of sp³-hybridized carbons (Fsp3) is 0.509. The van der Waals surface area contributed by atoms with Gasteiger partial charge >= 0.3 is 11.9 Å². The number of aliphatic imine (C=N–C) groups is 1. The molecule has 4 aliphatic carbocycles. The van der Waals surface area contributed by atoms with E-state index in [1.54, 1.807) is 36.5 Å². The van der Waals surface area contributed by atoms with Crippen molar-refractivity contribution in [3.8, 4) is 23.0 Å². The molecule has 2 saturated carbocycles. The molecule has 16 N–H and O–H groups in total. The first kappa shape index (κ1) is 54.8. The third-order valence-corrected chi connectivity index (χ3v) is 18.1. The lowest BCUT2D eigenvalue weighted by molar-refractivity contribution is -0.422. The molecule has 1 aromatic heterocycles. The van der Waals surface area contributed by atoms with Gasteiger partial charge in [-0.1, -0.05) is 43.0 Å². The van der Waals surface area contributed by atoms with Crippen LogP contribution in [0.15, 0.2) is 83.8 Å². The number of ether oxygens (including phenoxy) is 2. The largest absolute Gasteiger partial charge is 0.508 e. The van der Waals surface area contributed by atoms with E-state index in [1.807, 2.05) is 6.07 Å². The summed E-state index contributed by atoms with van der Waals surface area (Å²) in [7, 11) is 0. The minimum atomic E-state index is -3.24. The molecular weight excluding hydrogens is 1010 g/mol. The number of hydrogen-bond donors (Lipinski definition) is 14. The molecule has 3 aromatic carbocycles. The minimum absolute atomic E-state index is 0.0218. The van der Waals surface area contributed by atoms with Gasteiger partial charge in [0.05, 0.1) is 24.7 Å². The van der Waals surface area contributed by atoms with Gasteiger partial charge in [0.25, 0.3) is 5.91 Å². The molecule has 4 aromatic rings. The number of aromatic nitrogens is 2. The Hall–Kier alpha value is -6.56. The highest BCUT2D eigenvalue weighted by Gasteiger charge is 2.71. The summed E-state index contributed by atoms with van der Waals surface area (Å²) in [5, 5.41) is 125. The van der Waals surface area contributed by atoms with Crippen LogP contribution in [0, 0.1) is 23.2 Å². The topological polar surface area (TPSA) is 371 Å². The third kappa shape index (κ3) is 9.26. The first-order chi connectivity index (χ1) is 37.3. The van der Waals surface area contributed by atoms with Crippen molar-refractivity contribution in [2.24, 2.45) is 39.6 Å². The summed E-state index contributed by atoms with van der Waals surface area (Å²) in [4.78, 5) is 43.1. The molecule has 418 valence electrons. The van der Waals surface area contributed by atoms with Crippen LogP contribution >= 0.6 is 0 Å². The monoisotopic (exact) mass is 1080 g/mol. The molecule has 2 aliphatic heterocycles. The molecular formula is C57H70N6O15. The van der Waals surface area contributed by atoms with Gasteiger partial charge in [-0.25, -0.2) is 9.78 Å². The normalized spacial score (nSPS) is 31.2. The zero-order valence-corrected chi connectivity index (χ0v) is 43.1. The van der Waals surface area contributed by atoms with Crippen LogP contribution in [0.25, 0.3) is 6.08 Å². The maximum atomic E-state index is 15.6. The summed E-state index contributed by atoms with van der Waals surface area (Å²) in [6, 6.07) is 12.3. The lowest BCUT2D eigenvalue weighted by atomic mass is 9.45. The summed E-state index contributed by atoms with van der Waals surface area (Å²) in [5.41, 5.74) is 11.2. The number of H-pyrrole nitrogens is 1. The number of nitrogens with zero attached hydrogens (tertiary/aromatic N) is 3. The second-order valence-corrected chi connectivity index (χ2v) is 22.5. The summed E-state index contributed by atoms with van der Waals surface area (Å²) in [6.45, 7) is -0.976. The second kappa shape index (κ2) is 21.2. The molecule has 3 fully saturated rings. The highest BCUT2D eigenvalue weighted by Crippen LogP contribution is 2.71. The number of aliphatic carboxylic acids is 1. The molecule has 12 unspecified atom stereocenters. The molecule has 21 nitrogen and oxygen atoms in total. The number of rotatable bonds is 17. The van der Waals surface area contributed by atoms with E-state index in [9.17, 15) is 56.2 Å². The van der Waals surface area contributed by atoms with Crippen LogP contribution in [0.3, 0.4) is 0 Å². The van der Waals surface area contributed by atoms with Crippen molar-refractivity contribution in [2.75, 3.05) is 24.7 Å². The van der Waals surface area contributed by atoms with Gasteiger partial charge in [0.15, 0.2) is 29.1 Å². The van der Waals surface area contributed by atoms with Crippen LogP contribution < -0.4 is 21.1 Å². The molecule has 10 rings (SSSR count). The first-order valence-corrected chi connectivity index (χ1v) is 26.8. The van der Waals surface area contributed by atoms with Crippen molar-refractivity contribution >= 4 is 29.6 Å². The van der Waals surface area contributed by atoms with Crippen LogP contribution in [0.1, 0.15) is 110 Å². The lowest BCUT2D eigenvalue weighted by Crippen LogP contribution is -2.67. The zero-order chi connectivity index (χ0) is 55.5. The second-order valence-electron chi connectivity index (χ2n) is 22.5. The third-order valence-electron chi connectivity index (χ3n) is 18.1. The van der Waals surface area contributed by atoms with E-state index in [-0.39, 0.29) is 65.9 Å². The molecule has 21 heteroatoms. The number of hydrogen-bond acceptors (Lipinski definition) is 16. The molecule has 0 spiro atoms. The van der Waals surface area contributed by atoms with Gasteiger partial charge in [0, 0.05) is 72.0 Å². The number of allylic oxidation sites excluding steroid dienone is 1. The van der Waals surface area contributed by atoms with Gasteiger partial charge < -0.3 is 82.1 Å². The number of amides is 1. The van der Waals surface area contributed by atoms with Gasteiger partial charge in [-0.15, -0.1) is 0 Å². The number of benzene rings is 3. The molecule has 3 heterocycles. The Morgan fingerprint density at radius 2 is 1.73 bits per heavy atom. The average Bonchev–Trinajstić information content (AvgIpc) is 4.05. The van der Waals surface area contributed by atoms with Crippen molar-refractivity contribution in [3.63, 3.8) is 0 Å². The Kier molecular flexibility index (Phi) is 14.9. The maximum Gasteiger partial charge on any atom is 0.355 e. The van der Waals surface area contributed by atoms with Crippen LogP contribution in [0.4, 0.5) is 5.69 Å². The summed E-state index contributed by atoms with van der Waals surface area (Å²) < 4.78 is 11.2. The minimum Gasteiger partial charge on any atom is -0.508 e. The number of phenols is 3. The number of imidazole rings is 1. The number of carboxylic acid groups (broad SMARTS) is 1. The number of fused-ring (bicyclic) bond motifs is 6. The Morgan fingerprint density at radius 3 is 2.44 bits per heavy atom. The van der Waals surface area contributed by atoms with Crippen LogP contribution in [0.5, 0.6) is 23.0 Å². The fourth-order valence-electron chi connectivity index (χ4n) is 14.8. The Balaban J connectivity index is 1.16. The molecule has 1 saturated heterocycles. The molecule has 0 bridgehead atoms. The van der Waals surface area contributed by atoms with Crippen molar-refractivity contribution in [3.05, 3.63) is 112 Å². The number of aliphatic hydroxyl groups is 7. The number of anilines is 1. The zero-order valence-electron chi connectivity index (χ0n) is 43.1. The van der Waals surface area contributed by atoms with E-state index in [4.69, 9.17) is 20.9 Å². The van der Waals surface area contributed by atoms with E-state index in [0.29, 0.717) is 66.6 Å². The number of aromatic amines is 1. The van der Waals surface area contributed by atoms with E-state index in [1.165, 1.54) is 30.6 Å². The number of nitrogens with two attached hydrogens (primary N) is 2. The van der Waals surface area contributed by atoms with Crippen LogP contribution in [-0.2, 0) is 32.6 Å².